The van der Waals surface area contributed by atoms with Crippen molar-refractivity contribution in [1.82, 2.24) is 15.2 Å². The van der Waals surface area contributed by atoms with E-state index < -0.39 is 0 Å². The topological polar surface area (TPSA) is 107 Å². The molecule has 5 rings (SSSR count). The SMILES string of the molecule is Cc1[nH]nc2ccc(-c3cc(C(N)C[C@@H](N)Cc4ccccc4)cnc3-c3ccoc3)cc12. The molecule has 1 unspecified atom stereocenters. The number of nitrogens with one attached hydrogen (secondary N) is 1. The minimum absolute atomic E-state index is 0.0377. The average Bonchev–Trinajstić information content (AvgIpc) is 3.49. The summed E-state index contributed by atoms with van der Waals surface area (Å²) >= 11 is 0. The molecule has 0 spiro atoms. The molecule has 0 aliphatic carbocycles. The summed E-state index contributed by atoms with van der Waals surface area (Å²) in [6.07, 6.45) is 6.68. The van der Waals surface area contributed by atoms with Crippen molar-refractivity contribution in [2.45, 2.75) is 31.8 Å². The fourth-order valence-electron chi connectivity index (χ4n) is 4.30. The highest BCUT2D eigenvalue weighted by atomic mass is 16.3. The van der Waals surface area contributed by atoms with Gasteiger partial charge in [-0.1, -0.05) is 36.4 Å². The molecular weight excluding hydrogens is 410 g/mol. The first-order valence-corrected chi connectivity index (χ1v) is 11.1. The van der Waals surface area contributed by atoms with Crippen LogP contribution in [0.1, 0.15) is 29.3 Å². The third-order valence-corrected chi connectivity index (χ3v) is 6.08. The monoisotopic (exact) mass is 437 g/mol. The summed E-state index contributed by atoms with van der Waals surface area (Å²) in [5.41, 5.74) is 21.0. The number of nitrogens with zero attached hydrogens (tertiary/aromatic N) is 2. The van der Waals surface area contributed by atoms with Crippen LogP contribution in [0.4, 0.5) is 0 Å². The van der Waals surface area contributed by atoms with Crippen molar-refractivity contribution in [3.63, 3.8) is 0 Å². The lowest BCUT2D eigenvalue weighted by Gasteiger charge is -2.19. The lowest BCUT2D eigenvalue weighted by atomic mass is 9.93. The van der Waals surface area contributed by atoms with E-state index in [0.717, 1.165) is 51.0 Å². The normalized spacial score (nSPS) is 13.3. The summed E-state index contributed by atoms with van der Waals surface area (Å²) in [6, 6.07) is 20.3. The van der Waals surface area contributed by atoms with Crippen molar-refractivity contribution in [2.75, 3.05) is 0 Å². The van der Waals surface area contributed by atoms with Crippen LogP contribution in [0.15, 0.2) is 83.8 Å². The largest absolute Gasteiger partial charge is 0.472 e. The second kappa shape index (κ2) is 9.02. The summed E-state index contributed by atoms with van der Waals surface area (Å²) < 4.78 is 5.33. The van der Waals surface area contributed by atoms with Crippen LogP contribution in [0, 0.1) is 6.92 Å². The molecule has 0 saturated carbocycles. The zero-order chi connectivity index (χ0) is 22.8. The summed E-state index contributed by atoms with van der Waals surface area (Å²) in [7, 11) is 0. The Morgan fingerprint density at radius 1 is 1.00 bits per heavy atom. The van der Waals surface area contributed by atoms with E-state index in [2.05, 4.69) is 40.5 Å². The minimum atomic E-state index is -0.215. The molecule has 3 aromatic heterocycles. The van der Waals surface area contributed by atoms with Gasteiger partial charge in [-0.25, -0.2) is 0 Å². The molecule has 0 amide bonds. The Morgan fingerprint density at radius 3 is 2.64 bits per heavy atom. The van der Waals surface area contributed by atoms with Crippen LogP contribution >= 0.6 is 0 Å². The zero-order valence-electron chi connectivity index (χ0n) is 18.5. The number of rotatable bonds is 7. The highest BCUT2D eigenvalue weighted by Gasteiger charge is 2.18. The molecule has 33 heavy (non-hydrogen) atoms. The second-order valence-corrected chi connectivity index (χ2v) is 8.55. The molecule has 3 heterocycles. The van der Waals surface area contributed by atoms with Gasteiger partial charge in [-0.15, -0.1) is 0 Å². The minimum Gasteiger partial charge on any atom is -0.472 e. The van der Waals surface area contributed by atoms with E-state index in [1.165, 1.54) is 5.56 Å². The molecule has 2 aromatic carbocycles. The summed E-state index contributed by atoms with van der Waals surface area (Å²) in [4.78, 5) is 4.80. The number of H-pyrrole nitrogens is 1. The van der Waals surface area contributed by atoms with Crippen molar-refractivity contribution >= 4 is 10.9 Å². The van der Waals surface area contributed by atoms with Crippen molar-refractivity contribution in [1.29, 1.82) is 0 Å². The van der Waals surface area contributed by atoms with Crippen LogP contribution in [-0.2, 0) is 6.42 Å². The first-order valence-electron chi connectivity index (χ1n) is 11.1. The molecule has 6 nitrogen and oxygen atoms in total. The van der Waals surface area contributed by atoms with E-state index in [4.69, 9.17) is 20.9 Å². The molecular formula is C27H27N5O. The number of aryl methyl sites for hydroxylation is 1. The average molecular weight is 438 g/mol. The number of aromatic amines is 1. The Morgan fingerprint density at radius 2 is 1.85 bits per heavy atom. The molecule has 5 N–H and O–H groups in total. The Labute approximate surface area is 192 Å². The van der Waals surface area contributed by atoms with Crippen molar-refractivity contribution in [3.8, 4) is 22.4 Å². The molecule has 2 atom stereocenters. The van der Waals surface area contributed by atoms with Gasteiger partial charge in [0, 0.05) is 40.5 Å². The van der Waals surface area contributed by atoms with Crippen LogP contribution < -0.4 is 11.5 Å². The van der Waals surface area contributed by atoms with Crippen LogP contribution in [0.3, 0.4) is 0 Å². The van der Waals surface area contributed by atoms with Crippen molar-refractivity contribution < 1.29 is 4.42 Å². The molecule has 5 aromatic rings. The van der Waals surface area contributed by atoms with Gasteiger partial charge in [-0.3, -0.25) is 10.1 Å². The number of benzene rings is 2. The molecule has 0 aliphatic heterocycles. The van der Waals surface area contributed by atoms with E-state index in [1.807, 2.05) is 43.5 Å². The first kappa shape index (κ1) is 21.1. The Bertz CT molecular complexity index is 1360. The Kier molecular flexibility index (Phi) is 5.77. The molecule has 0 aliphatic rings. The third-order valence-electron chi connectivity index (χ3n) is 6.08. The molecule has 0 radical (unpaired) electrons. The van der Waals surface area contributed by atoms with E-state index in [1.54, 1.807) is 12.5 Å². The summed E-state index contributed by atoms with van der Waals surface area (Å²) in [5, 5.41) is 8.49. The number of pyridine rings is 1. The number of aromatic nitrogens is 3. The van der Waals surface area contributed by atoms with E-state index in [0.29, 0.717) is 6.42 Å². The second-order valence-electron chi connectivity index (χ2n) is 8.55. The quantitative estimate of drug-likeness (QED) is 0.326. The number of fused-ring (bicyclic) bond motifs is 1. The van der Waals surface area contributed by atoms with Gasteiger partial charge >= 0.3 is 0 Å². The van der Waals surface area contributed by atoms with Crippen LogP contribution in [0.25, 0.3) is 33.3 Å². The third kappa shape index (κ3) is 4.44. The fraction of sp³-hybridized carbons (Fsp3) is 0.185. The van der Waals surface area contributed by atoms with Crippen molar-refractivity contribution in [3.05, 3.63) is 96.2 Å². The van der Waals surface area contributed by atoms with Gasteiger partial charge in [0.05, 0.1) is 23.7 Å². The number of hydrogen-bond acceptors (Lipinski definition) is 5. The lowest BCUT2D eigenvalue weighted by Crippen LogP contribution is -2.28. The number of hydrogen-bond donors (Lipinski definition) is 3. The number of furan rings is 1. The van der Waals surface area contributed by atoms with Crippen molar-refractivity contribution in [2.24, 2.45) is 11.5 Å². The summed E-state index contributed by atoms with van der Waals surface area (Å²) in [6.45, 7) is 2.02. The maximum absolute atomic E-state index is 6.61. The standard InChI is InChI=1S/C27H27N5O/c1-17-23-12-19(7-8-26(23)32-31-17)24-13-21(15-30-27(24)20-9-10-33-16-20)25(29)14-22(28)11-18-5-3-2-4-6-18/h2-10,12-13,15-16,22,25H,11,14,28-29H2,1H3,(H,31,32)/t22-,25?/m0/s1. The van der Waals surface area contributed by atoms with Gasteiger partial charge in [0.25, 0.3) is 0 Å². The molecule has 0 bridgehead atoms. The van der Waals surface area contributed by atoms with Crippen LogP contribution in [0.5, 0.6) is 0 Å². The first-order chi connectivity index (χ1) is 16.1. The molecule has 6 heteroatoms. The zero-order valence-corrected chi connectivity index (χ0v) is 18.5. The van der Waals surface area contributed by atoms with Crippen LogP contribution in [0.2, 0.25) is 0 Å². The van der Waals surface area contributed by atoms with Gasteiger partial charge in [-0.05, 0) is 60.7 Å². The van der Waals surface area contributed by atoms with Gasteiger partial charge in [0.15, 0.2) is 0 Å². The van der Waals surface area contributed by atoms with Gasteiger partial charge in [0.1, 0.15) is 0 Å². The molecule has 166 valence electrons. The van der Waals surface area contributed by atoms with Gasteiger partial charge in [0.2, 0.25) is 0 Å². The maximum Gasteiger partial charge on any atom is 0.0996 e. The van der Waals surface area contributed by atoms with E-state index in [-0.39, 0.29) is 12.1 Å². The lowest BCUT2D eigenvalue weighted by molar-refractivity contribution is 0.534. The predicted octanol–water partition coefficient (Wildman–Crippen LogP) is 5.15. The van der Waals surface area contributed by atoms with Gasteiger partial charge < -0.3 is 15.9 Å². The Balaban J connectivity index is 1.48. The van der Waals surface area contributed by atoms with E-state index >= 15 is 0 Å². The molecule has 0 saturated heterocycles. The molecule has 0 fully saturated rings. The fourth-order valence-corrected chi connectivity index (χ4v) is 4.30. The summed E-state index contributed by atoms with van der Waals surface area (Å²) in [5.74, 6) is 0. The highest BCUT2D eigenvalue weighted by Crippen LogP contribution is 2.34. The van der Waals surface area contributed by atoms with Crippen LogP contribution in [-0.4, -0.2) is 21.2 Å². The highest BCUT2D eigenvalue weighted by molar-refractivity contribution is 5.89. The Hall–Kier alpha value is -3.74. The van der Waals surface area contributed by atoms with E-state index in [9.17, 15) is 0 Å². The smallest absolute Gasteiger partial charge is 0.0996 e. The predicted molar refractivity (Wildman–Crippen MR) is 131 cm³/mol. The number of nitrogens with two attached hydrogens (primary N) is 2. The maximum atomic E-state index is 6.61. The van der Waals surface area contributed by atoms with Gasteiger partial charge in [-0.2, -0.15) is 5.10 Å².